The molecule has 0 aliphatic heterocycles. The second-order valence-corrected chi connectivity index (χ2v) is 5.70. The van der Waals surface area contributed by atoms with Gasteiger partial charge >= 0.3 is 0 Å². The topological polar surface area (TPSA) is 92.1 Å². The molecule has 6 nitrogen and oxygen atoms in total. The van der Waals surface area contributed by atoms with Gasteiger partial charge in [0.05, 0.1) is 17.7 Å². The van der Waals surface area contributed by atoms with Crippen LogP contribution in [-0.4, -0.2) is 15.5 Å². The number of rotatable bonds is 4. The highest BCUT2D eigenvalue weighted by atomic mass is 32.2. The Bertz CT molecular complexity index is 781. The number of hydrogen-bond donors (Lipinski definition) is 0. The molecule has 7 heteroatoms. The van der Waals surface area contributed by atoms with Gasteiger partial charge in [-0.25, -0.2) is 8.42 Å². The third-order valence-electron chi connectivity index (χ3n) is 2.67. The van der Waals surface area contributed by atoms with E-state index in [0.717, 1.165) is 0 Å². The molecule has 102 valence electrons. The lowest BCUT2D eigenvalue weighted by Crippen LogP contribution is -2.04. The smallest absolute Gasteiger partial charge is 0.210 e. The zero-order chi connectivity index (χ0) is 14.6. The van der Waals surface area contributed by atoms with E-state index in [-0.39, 0.29) is 21.2 Å². The summed E-state index contributed by atoms with van der Waals surface area (Å²) in [7, 11) is -2.43. The van der Waals surface area contributed by atoms with Crippen LogP contribution in [0.3, 0.4) is 0 Å². The molecule has 2 aromatic carbocycles. The van der Waals surface area contributed by atoms with Gasteiger partial charge in [-0.1, -0.05) is 35.4 Å². The number of para-hydroxylation sites is 1. The van der Waals surface area contributed by atoms with Crippen LogP contribution in [0.15, 0.2) is 63.4 Å². The molecule has 0 unspecified atom stereocenters. The van der Waals surface area contributed by atoms with Crippen molar-refractivity contribution in [3.63, 3.8) is 0 Å². The van der Waals surface area contributed by atoms with Gasteiger partial charge in [-0.05, 0) is 23.7 Å². The Balaban J connectivity index is 2.71. The molecule has 0 heterocycles. The molecule has 0 amide bonds. The van der Waals surface area contributed by atoms with Gasteiger partial charge in [0.25, 0.3) is 0 Å². The van der Waals surface area contributed by atoms with E-state index >= 15 is 0 Å². The summed E-state index contributed by atoms with van der Waals surface area (Å²) in [5.41, 5.74) is 8.58. The Hall–Kier alpha value is -2.50. The molecule has 0 aromatic heterocycles. The fraction of sp³-hybridized carbons (Fsp3) is 0.0769. The third-order valence-corrected chi connectivity index (χ3v) is 4.51. The SMILES string of the molecule is COc1ccccc1S(=O)(=O)c1ccccc1N=[N+]=[N-]. The lowest BCUT2D eigenvalue weighted by Gasteiger charge is -2.10. The van der Waals surface area contributed by atoms with Gasteiger partial charge in [0.1, 0.15) is 10.6 Å². The van der Waals surface area contributed by atoms with Gasteiger partial charge in [-0.15, -0.1) is 0 Å². The number of methoxy groups -OCH3 is 1. The summed E-state index contributed by atoms with van der Waals surface area (Å²) < 4.78 is 30.4. The lowest BCUT2D eigenvalue weighted by atomic mass is 10.3. The van der Waals surface area contributed by atoms with Gasteiger partial charge in [0.2, 0.25) is 9.84 Å². The van der Waals surface area contributed by atoms with Crippen LogP contribution in [0.5, 0.6) is 5.75 Å². The molecular formula is C13H11N3O3S. The fourth-order valence-corrected chi connectivity index (χ4v) is 3.33. The average Bonchev–Trinajstić information content (AvgIpc) is 2.48. The van der Waals surface area contributed by atoms with Crippen molar-refractivity contribution in [2.75, 3.05) is 7.11 Å². The summed E-state index contributed by atoms with van der Waals surface area (Å²) in [6.07, 6.45) is 0. The van der Waals surface area contributed by atoms with Crippen LogP contribution in [0.4, 0.5) is 5.69 Å². The van der Waals surface area contributed by atoms with Gasteiger partial charge in [-0.3, -0.25) is 0 Å². The summed E-state index contributed by atoms with van der Waals surface area (Å²) in [5, 5.41) is 3.41. The Morgan fingerprint density at radius 2 is 1.65 bits per heavy atom. The highest BCUT2D eigenvalue weighted by Crippen LogP contribution is 2.33. The molecule has 0 saturated carbocycles. The van der Waals surface area contributed by atoms with E-state index in [0.29, 0.717) is 0 Å². The molecule has 0 aliphatic carbocycles. The molecule has 0 saturated heterocycles. The Labute approximate surface area is 116 Å². The number of ether oxygens (including phenoxy) is 1. The summed E-state index contributed by atoms with van der Waals surface area (Å²) in [6.45, 7) is 0. The van der Waals surface area contributed by atoms with Gasteiger partial charge < -0.3 is 4.74 Å². The minimum absolute atomic E-state index is 0.0306. The first kappa shape index (κ1) is 13.9. The maximum atomic E-state index is 12.6. The Kier molecular flexibility index (Phi) is 3.93. The standard InChI is InChI=1S/C13H11N3O3S/c1-19-11-7-3-5-9-13(11)20(17,18)12-8-4-2-6-10(12)15-16-14/h2-9H,1H3. The lowest BCUT2D eigenvalue weighted by molar-refractivity contribution is 0.402. The number of benzene rings is 2. The summed E-state index contributed by atoms with van der Waals surface area (Å²) >= 11 is 0. The molecule has 0 radical (unpaired) electrons. The number of azide groups is 1. The van der Waals surface area contributed by atoms with Crippen LogP contribution < -0.4 is 4.74 Å². The van der Waals surface area contributed by atoms with Crippen molar-refractivity contribution in [1.29, 1.82) is 0 Å². The second-order valence-electron chi connectivity index (χ2n) is 3.81. The summed E-state index contributed by atoms with van der Waals surface area (Å²) in [5.74, 6) is 0.239. The van der Waals surface area contributed by atoms with Crippen LogP contribution in [0.1, 0.15) is 0 Å². The predicted octanol–water partition coefficient (Wildman–Crippen LogP) is 3.47. The van der Waals surface area contributed by atoms with Gasteiger partial charge in [0.15, 0.2) is 0 Å². The first-order valence-electron chi connectivity index (χ1n) is 5.63. The molecular weight excluding hydrogens is 278 g/mol. The zero-order valence-corrected chi connectivity index (χ0v) is 11.4. The van der Waals surface area contributed by atoms with Crippen molar-refractivity contribution >= 4 is 15.5 Å². The van der Waals surface area contributed by atoms with Crippen molar-refractivity contribution in [3.05, 3.63) is 59.0 Å². The minimum Gasteiger partial charge on any atom is -0.495 e. The van der Waals surface area contributed by atoms with Crippen LogP contribution in [-0.2, 0) is 9.84 Å². The van der Waals surface area contributed by atoms with Crippen LogP contribution in [0, 0.1) is 0 Å². The quantitative estimate of drug-likeness (QED) is 0.490. The molecule has 0 bridgehead atoms. The monoisotopic (exact) mass is 289 g/mol. The van der Waals surface area contributed by atoms with Gasteiger partial charge in [0, 0.05) is 4.91 Å². The number of sulfone groups is 1. The molecule has 0 atom stereocenters. The molecule has 20 heavy (non-hydrogen) atoms. The average molecular weight is 289 g/mol. The highest BCUT2D eigenvalue weighted by Gasteiger charge is 2.23. The molecule has 0 spiro atoms. The molecule has 2 aromatic rings. The maximum Gasteiger partial charge on any atom is 0.210 e. The number of hydrogen-bond acceptors (Lipinski definition) is 4. The number of nitrogens with zero attached hydrogens (tertiary/aromatic N) is 3. The van der Waals surface area contributed by atoms with E-state index in [1.807, 2.05) is 0 Å². The van der Waals surface area contributed by atoms with Crippen LogP contribution >= 0.6 is 0 Å². The molecule has 0 fully saturated rings. The van der Waals surface area contributed by atoms with E-state index in [9.17, 15) is 8.42 Å². The fourth-order valence-electron chi connectivity index (χ4n) is 1.77. The Morgan fingerprint density at radius 3 is 2.30 bits per heavy atom. The molecule has 0 aliphatic rings. The zero-order valence-electron chi connectivity index (χ0n) is 10.6. The maximum absolute atomic E-state index is 12.6. The van der Waals surface area contributed by atoms with Crippen molar-refractivity contribution in [1.82, 2.24) is 0 Å². The van der Waals surface area contributed by atoms with Crippen molar-refractivity contribution in [2.24, 2.45) is 5.11 Å². The largest absolute Gasteiger partial charge is 0.495 e. The second kappa shape index (κ2) is 5.64. The Morgan fingerprint density at radius 1 is 1.05 bits per heavy atom. The minimum atomic E-state index is -3.82. The summed E-state index contributed by atoms with van der Waals surface area (Å²) in [4.78, 5) is 2.62. The molecule has 2 rings (SSSR count). The van der Waals surface area contributed by atoms with E-state index in [4.69, 9.17) is 10.3 Å². The van der Waals surface area contributed by atoms with Crippen molar-refractivity contribution in [2.45, 2.75) is 9.79 Å². The van der Waals surface area contributed by atoms with Crippen molar-refractivity contribution in [3.8, 4) is 5.75 Å². The van der Waals surface area contributed by atoms with E-state index in [1.165, 1.54) is 25.3 Å². The molecule has 0 N–H and O–H groups in total. The first-order chi connectivity index (χ1) is 9.61. The summed E-state index contributed by atoms with van der Waals surface area (Å²) in [6, 6.07) is 12.3. The third kappa shape index (κ3) is 2.45. The first-order valence-corrected chi connectivity index (χ1v) is 7.12. The highest BCUT2D eigenvalue weighted by molar-refractivity contribution is 7.91. The van der Waals surface area contributed by atoms with E-state index in [2.05, 4.69) is 10.0 Å². The van der Waals surface area contributed by atoms with E-state index in [1.54, 1.807) is 30.3 Å². The predicted molar refractivity (Wildman–Crippen MR) is 73.7 cm³/mol. The van der Waals surface area contributed by atoms with E-state index < -0.39 is 9.84 Å². The normalized spacial score (nSPS) is 10.7. The van der Waals surface area contributed by atoms with Crippen LogP contribution in [0.2, 0.25) is 0 Å². The van der Waals surface area contributed by atoms with Crippen molar-refractivity contribution < 1.29 is 13.2 Å². The van der Waals surface area contributed by atoms with Crippen LogP contribution in [0.25, 0.3) is 10.4 Å². The van der Waals surface area contributed by atoms with Gasteiger partial charge in [-0.2, -0.15) is 0 Å².